The molecule has 3 N–H and O–H groups in total. The minimum absolute atomic E-state index is 0.227. The molecule has 26 heavy (non-hydrogen) atoms. The average Bonchev–Trinajstić information content (AvgIpc) is 2.64. The van der Waals surface area contributed by atoms with Gasteiger partial charge in [0, 0.05) is 25.0 Å². The van der Waals surface area contributed by atoms with Crippen LogP contribution in [0.2, 0.25) is 0 Å². The molecule has 8 heteroatoms. The molecule has 1 heterocycles. The summed E-state index contributed by atoms with van der Waals surface area (Å²) in [5.41, 5.74) is 1.49. The first-order valence-electron chi connectivity index (χ1n) is 8.21. The molecule has 3 rings (SSSR count). The van der Waals surface area contributed by atoms with Gasteiger partial charge in [-0.25, -0.2) is 18.2 Å². The third-order valence-electron chi connectivity index (χ3n) is 3.99. The fraction of sp³-hybridized carbons (Fsp3) is 0.222. The van der Waals surface area contributed by atoms with Crippen LogP contribution in [0.5, 0.6) is 0 Å². The van der Waals surface area contributed by atoms with Crippen LogP contribution in [-0.2, 0) is 16.6 Å². The summed E-state index contributed by atoms with van der Waals surface area (Å²) in [7, 11) is -3.52. The number of aryl methyl sites for hydroxylation is 1. The summed E-state index contributed by atoms with van der Waals surface area (Å²) in [6, 6.07) is 13.9. The van der Waals surface area contributed by atoms with E-state index in [1.54, 1.807) is 36.4 Å². The Kier molecular flexibility index (Phi) is 5.46. The Morgan fingerprint density at radius 1 is 1.00 bits per heavy atom. The number of benzene rings is 2. The maximum atomic E-state index is 12.2. The Morgan fingerprint density at radius 3 is 2.42 bits per heavy atom. The molecule has 0 fully saturated rings. The van der Waals surface area contributed by atoms with E-state index >= 15 is 0 Å². The standard InChI is InChI=1S/C18H20N4O3S/c1-13-6-8-14(9-7-13)26(24,25)20-11-10-19-12-17-15-4-2-3-5-16(15)18(23)22-21-17/h2-9,19-20H,10-12H2,1H3,(H,22,23). The fourth-order valence-corrected chi connectivity index (χ4v) is 3.62. The minimum atomic E-state index is -3.52. The smallest absolute Gasteiger partial charge is 0.272 e. The van der Waals surface area contributed by atoms with Crippen molar-refractivity contribution in [2.75, 3.05) is 13.1 Å². The number of nitrogens with zero attached hydrogens (tertiary/aromatic N) is 1. The number of hydrogen-bond acceptors (Lipinski definition) is 5. The van der Waals surface area contributed by atoms with Gasteiger partial charge in [0.1, 0.15) is 0 Å². The highest BCUT2D eigenvalue weighted by atomic mass is 32.2. The molecular formula is C18H20N4O3S. The van der Waals surface area contributed by atoms with Crippen LogP contribution in [-0.4, -0.2) is 31.7 Å². The van der Waals surface area contributed by atoms with Gasteiger partial charge in [0.2, 0.25) is 10.0 Å². The zero-order valence-corrected chi connectivity index (χ0v) is 15.1. The zero-order chi connectivity index (χ0) is 18.6. The summed E-state index contributed by atoms with van der Waals surface area (Å²) in [5.74, 6) is 0. The molecule has 0 amide bonds. The Balaban J connectivity index is 1.56. The maximum Gasteiger partial charge on any atom is 0.272 e. The van der Waals surface area contributed by atoms with E-state index < -0.39 is 10.0 Å². The molecule has 0 atom stereocenters. The second-order valence-electron chi connectivity index (χ2n) is 5.93. The molecular weight excluding hydrogens is 352 g/mol. The molecule has 0 saturated heterocycles. The first-order chi connectivity index (χ1) is 12.5. The highest BCUT2D eigenvalue weighted by Crippen LogP contribution is 2.12. The van der Waals surface area contributed by atoms with E-state index in [9.17, 15) is 13.2 Å². The van der Waals surface area contributed by atoms with Crippen molar-refractivity contribution in [1.29, 1.82) is 0 Å². The van der Waals surface area contributed by atoms with Crippen LogP contribution in [0, 0.1) is 6.92 Å². The van der Waals surface area contributed by atoms with Crippen LogP contribution in [0.25, 0.3) is 10.8 Å². The molecule has 0 saturated carbocycles. The van der Waals surface area contributed by atoms with Crippen LogP contribution in [0.1, 0.15) is 11.3 Å². The lowest BCUT2D eigenvalue weighted by atomic mass is 10.1. The highest BCUT2D eigenvalue weighted by molar-refractivity contribution is 7.89. The van der Waals surface area contributed by atoms with Gasteiger partial charge in [-0.3, -0.25) is 4.79 Å². The molecule has 136 valence electrons. The van der Waals surface area contributed by atoms with Crippen molar-refractivity contribution in [3.63, 3.8) is 0 Å². The van der Waals surface area contributed by atoms with Crippen molar-refractivity contribution in [1.82, 2.24) is 20.2 Å². The first kappa shape index (κ1) is 18.2. The van der Waals surface area contributed by atoms with Crippen molar-refractivity contribution in [3.8, 4) is 0 Å². The lowest BCUT2D eigenvalue weighted by molar-refractivity contribution is 0.575. The molecule has 3 aromatic rings. The third-order valence-corrected chi connectivity index (χ3v) is 5.47. The Labute approximate surface area is 151 Å². The van der Waals surface area contributed by atoms with Gasteiger partial charge in [0.05, 0.1) is 16.0 Å². The number of hydrogen-bond donors (Lipinski definition) is 3. The molecule has 2 aromatic carbocycles. The number of H-pyrrole nitrogens is 1. The molecule has 0 spiro atoms. The predicted molar refractivity (Wildman–Crippen MR) is 100 cm³/mol. The van der Waals surface area contributed by atoms with Crippen LogP contribution in [0.15, 0.2) is 58.2 Å². The average molecular weight is 372 g/mol. The molecule has 0 unspecified atom stereocenters. The van der Waals surface area contributed by atoms with Gasteiger partial charge in [-0.2, -0.15) is 5.10 Å². The van der Waals surface area contributed by atoms with Gasteiger partial charge in [-0.15, -0.1) is 0 Å². The Morgan fingerprint density at radius 2 is 1.69 bits per heavy atom. The van der Waals surface area contributed by atoms with Gasteiger partial charge < -0.3 is 5.32 Å². The number of rotatable bonds is 7. The summed E-state index contributed by atoms with van der Waals surface area (Å²) >= 11 is 0. The minimum Gasteiger partial charge on any atom is -0.310 e. The SMILES string of the molecule is Cc1ccc(S(=O)(=O)NCCNCc2n[nH]c(=O)c3ccccc23)cc1. The van der Waals surface area contributed by atoms with E-state index in [0.29, 0.717) is 24.2 Å². The van der Waals surface area contributed by atoms with Gasteiger partial charge >= 0.3 is 0 Å². The van der Waals surface area contributed by atoms with Crippen LogP contribution < -0.4 is 15.6 Å². The first-order valence-corrected chi connectivity index (χ1v) is 9.69. The van der Waals surface area contributed by atoms with Crippen molar-refractivity contribution >= 4 is 20.8 Å². The van der Waals surface area contributed by atoms with E-state index in [1.165, 1.54) is 0 Å². The number of aromatic amines is 1. The van der Waals surface area contributed by atoms with Crippen molar-refractivity contribution in [2.45, 2.75) is 18.4 Å². The van der Waals surface area contributed by atoms with Crippen molar-refractivity contribution in [3.05, 3.63) is 70.1 Å². The summed E-state index contributed by atoms with van der Waals surface area (Å²) < 4.78 is 27.0. The second-order valence-corrected chi connectivity index (χ2v) is 7.70. The van der Waals surface area contributed by atoms with E-state index in [2.05, 4.69) is 20.2 Å². The summed E-state index contributed by atoms with van der Waals surface area (Å²) in [6.07, 6.45) is 0. The number of sulfonamides is 1. The van der Waals surface area contributed by atoms with E-state index in [0.717, 1.165) is 10.9 Å². The molecule has 0 aliphatic carbocycles. The van der Waals surface area contributed by atoms with E-state index in [4.69, 9.17) is 0 Å². The third kappa shape index (κ3) is 4.16. The molecule has 0 bridgehead atoms. The predicted octanol–water partition coefficient (Wildman–Crippen LogP) is 1.30. The van der Waals surface area contributed by atoms with Crippen LogP contribution >= 0.6 is 0 Å². The Bertz CT molecular complexity index is 1060. The van der Waals surface area contributed by atoms with Gasteiger partial charge in [0.25, 0.3) is 5.56 Å². The van der Waals surface area contributed by atoms with Gasteiger partial charge in [-0.1, -0.05) is 35.9 Å². The molecule has 7 nitrogen and oxygen atoms in total. The zero-order valence-electron chi connectivity index (χ0n) is 14.3. The summed E-state index contributed by atoms with van der Waals surface area (Å²) in [6.45, 7) is 3.00. The van der Waals surface area contributed by atoms with Crippen molar-refractivity contribution < 1.29 is 8.42 Å². The lowest BCUT2D eigenvalue weighted by Gasteiger charge is -2.09. The number of nitrogens with one attached hydrogen (secondary N) is 3. The highest BCUT2D eigenvalue weighted by Gasteiger charge is 2.12. The fourth-order valence-electron chi connectivity index (χ4n) is 2.59. The molecule has 0 aliphatic rings. The summed E-state index contributed by atoms with van der Waals surface area (Å²) in [5, 5.41) is 11.0. The second kappa shape index (κ2) is 7.77. The van der Waals surface area contributed by atoms with Gasteiger partial charge in [-0.05, 0) is 25.1 Å². The normalized spacial score (nSPS) is 11.7. The molecule has 0 aliphatic heterocycles. The quantitative estimate of drug-likeness (QED) is 0.542. The van der Waals surface area contributed by atoms with Crippen LogP contribution in [0.4, 0.5) is 0 Å². The monoisotopic (exact) mass is 372 g/mol. The van der Waals surface area contributed by atoms with Gasteiger partial charge in [0.15, 0.2) is 0 Å². The van der Waals surface area contributed by atoms with Crippen LogP contribution in [0.3, 0.4) is 0 Å². The lowest BCUT2D eigenvalue weighted by Crippen LogP contribution is -2.32. The largest absolute Gasteiger partial charge is 0.310 e. The number of fused-ring (bicyclic) bond motifs is 1. The summed E-state index contributed by atoms with van der Waals surface area (Å²) in [4.78, 5) is 12.0. The maximum absolute atomic E-state index is 12.2. The molecule has 1 aromatic heterocycles. The van der Waals surface area contributed by atoms with Crippen molar-refractivity contribution in [2.24, 2.45) is 0 Å². The number of aromatic nitrogens is 2. The Hall–Kier alpha value is -2.55. The van der Waals surface area contributed by atoms with E-state index in [-0.39, 0.29) is 17.0 Å². The van der Waals surface area contributed by atoms with E-state index in [1.807, 2.05) is 19.1 Å². The topological polar surface area (TPSA) is 104 Å². The molecule has 0 radical (unpaired) electrons.